The molecule has 10 rings (SSSR count). The van der Waals surface area contributed by atoms with Crippen LogP contribution >= 0.6 is 0 Å². The highest BCUT2D eigenvalue weighted by Gasteiger charge is 2.68. The predicted octanol–water partition coefficient (Wildman–Crippen LogP) is 7.81. The van der Waals surface area contributed by atoms with Crippen LogP contribution in [0.3, 0.4) is 0 Å². The van der Waals surface area contributed by atoms with E-state index in [0.29, 0.717) is 12.2 Å². The van der Waals surface area contributed by atoms with Gasteiger partial charge in [0, 0.05) is 17.5 Å². The number of rotatable bonds is 4. The van der Waals surface area contributed by atoms with Crippen LogP contribution in [-0.4, -0.2) is 18.0 Å². The summed E-state index contributed by atoms with van der Waals surface area (Å²) in [5.41, 5.74) is 5.30. The topological polar surface area (TPSA) is 49.7 Å². The van der Waals surface area contributed by atoms with E-state index in [4.69, 9.17) is 4.99 Å². The Balaban J connectivity index is 1.26. The minimum absolute atomic E-state index is 0.128. The molecule has 4 nitrogen and oxygen atoms in total. The van der Waals surface area contributed by atoms with Crippen molar-refractivity contribution in [2.45, 2.75) is 17.9 Å². The number of anilines is 1. The molecule has 1 saturated heterocycles. The van der Waals surface area contributed by atoms with Crippen LogP contribution in [0, 0.1) is 11.8 Å². The van der Waals surface area contributed by atoms with E-state index in [2.05, 4.69) is 60.7 Å². The lowest BCUT2D eigenvalue weighted by atomic mass is 9.47. The molecule has 0 unspecified atom stereocenters. The zero-order valence-corrected chi connectivity index (χ0v) is 23.9. The van der Waals surface area contributed by atoms with Gasteiger partial charge in [-0.3, -0.25) is 14.6 Å². The molecule has 1 aliphatic heterocycles. The maximum absolute atomic E-state index is 14.9. The number of aliphatic imine (C=N–C) groups is 1. The van der Waals surface area contributed by atoms with Crippen LogP contribution in [0.15, 0.2) is 138 Å². The second-order valence-electron chi connectivity index (χ2n) is 12.1. The first kappa shape index (κ1) is 25.2. The molecular formula is C40H28N2O2. The van der Waals surface area contributed by atoms with Gasteiger partial charge in [-0.15, -0.1) is 0 Å². The number of hydrogen-bond acceptors (Lipinski definition) is 3. The minimum atomic E-state index is -0.872. The Labute approximate surface area is 255 Å². The zero-order valence-electron chi connectivity index (χ0n) is 23.9. The van der Waals surface area contributed by atoms with Crippen LogP contribution in [0.5, 0.6) is 0 Å². The van der Waals surface area contributed by atoms with Gasteiger partial charge >= 0.3 is 0 Å². The third kappa shape index (κ3) is 3.25. The average Bonchev–Trinajstić information content (AvgIpc) is 3.35. The smallest absolute Gasteiger partial charge is 0.239 e. The van der Waals surface area contributed by atoms with Crippen LogP contribution < -0.4 is 4.90 Å². The maximum atomic E-state index is 14.9. The molecule has 0 aromatic heterocycles. The Bertz CT molecular complexity index is 2140. The van der Waals surface area contributed by atoms with E-state index >= 15 is 0 Å². The number of nitrogens with zero attached hydrogens (tertiary/aromatic N) is 2. The Kier molecular flexibility index (Phi) is 5.33. The molecule has 2 amide bonds. The van der Waals surface area contributed by atoms with Gasteiger partial charge < -0.3 is 0 Å². The van der Waals surface area contributed by atoms with Crippen molar-refractivity contribution >= 4 is 45.3 Å². The molecule has 6 aromatic rings. The first-order valence-electron chi connectivity index (χ1n) is 15.2. The minimum Gasteiger partial charge on any atom is -0.291 e. The standard InChI is InChI=1S/C40H28N2O2/c43-38-36-35-30-18-5-7-20-32(30)40(33-21-8-6-19-31(33)35,24-41-23-27-15-9-13-25-11-1-3-16-28(25)27)37(36)39(44)42(38)34-22-10-14-26-12-2-4-17-29(26)34/h1-22,24,35-37H,23H2/t35?,36-,37+,40?/m0/s1. The third-order valence-corrected chi connectivity index (χ3v) is 10.1. The van der Waals surface area contributed by atoms with E-state index in [1.807, 2.05) is 79.0 Å². The summed E-state index contributed by atoms with van der Waals surface area (Å²) in [6.07, 6.45) is 2.01. The lowest BCUT2D eigenvalue weighted by Crippen LogP contribution is -2.54. The van der Waals surface area contributed by atoms with Crippen molar-refractivity contribution in [2.24, 2.45) is 16.8 Å². The lowest BCUT2D eigenvalue weighted by Gasteiger charge is -2.52. The summed E-state index contributed by atoms with van der Waals surface area (Å²) in [5, 5.41) is 4.25. The highest BCUT2D eigenvalue weighted by molar-refractivity contribution is 6.27. The normalized spacial score (nSPS) is 23.4. The number of amides is 2. The van der Waals surface area contributed by atoms with E-state index in [1.165, 1.54) is 15.7 Å². The molecule has 2 bridgehead atoms. The van der Waals surface area contributed by atoms with Gasteiger partial charge in [-0.25, -0.2) is 4.90 Å². The molecule has 210 valence electrons. The van der Waals surface area contributed by atoms with Gasteiger partial charge in [0.15, 0.2) is 0 Å². The van der Waals surface area contributed by atoms with Crippen LogP contribution in [0.4, 0.5) is 5.69 Å². The molecule has 44 heavy (non-hydrogen) atoms. The largest absolute Gasteiger partial charge is 0.291 e. The number of imide groups is 1. The summed E-state index contributed by atoms with van der Waals surface area (Å²) < 4.78 is 0. The summed E-state index contributed by atoms with van der Waals surface area (Å²) in [6.45, 7) is 0.476. The van der Waals surface area contributed by atoms with E-state index in [9.17, 15) is 9.59 Å². The molecule has 0 saturated carbocycles. The molecule has 2 atom stereocenters. The van der Waals surface area contributed by atoms with Crippen molar-refractivity contribution in [1.82, 2.24) is 0 Å². The van der Waals surface area contributed by atoms with E-state index < -0.39 is 17.3 Å². The van der Waals surface area contributed by atoms with Crippen molar-refractivity contribution in [2.75, 3.05) is 4.90 Å². The van der Waals surface area contributed by atoms with Crippen LogP contribution in [-0.2, 0) is 21.5 Å². The molecule has 0 radical (unpaired) electrons. The summed E-state index contributed by atoms with van der Waals surface area (Å²) in [5.74, 6) is -1.59. The van der Waals surface area contributed by atoms with Crippen LogP contribution in [0.1, 0.15) is 33.7 Å². The molecule has 4 heteroatoms. The zero-order chi connectivity index (χ0) is 29.4. The molecule has 4 aliphatic rings. The summed E-state index contributed by atoms with van der Waals surface area (Å²) >= 11 is 0. The second kappa shape index (κ2) is 9.32. The summed E-state index contributed by atoms with van der Waals surface area (Å²) in [7, 11) is 0. The fourth-order valence-corrected chi connectivity index (χ4v) is 8.41. The molecule has 1 heterocycles. The Hall–Kier alpha value is -5.35. The molecule has 0 spiro atoms. The first-order valence-corrected chi connectivity index (χ1v) is 15.2. The van der Waals surface area contributed by atoms with Gasteiger partial charge in [-0.2, -0.15) is 0 Å². The molecule has 3 aliphatic carbocycles. The quantitative estimate of drug-likeness (QED) is 0.161. The van der Waals surface area contributed by atoms with E-state index in [0.717, 1.165) is 38.6 Å². The van der Waals surface area contributed by atoms with Crippen molar-refractivity contribution in [3.8, 4) is 0 Å². The Morgan fingerprint density at radius 3 is 1.91 bits per heavy atom. The van der Waals surface area contributed by atoms with Gasteiger partial charge in [0.2, 0.25) is 11.8 Å². The first-order chi connectivity index (χ1) is 21.7. The number of hydrogen-bond donors (Lipinski definition) is 0. The summed E-state index contributed by atoms with van der Waals surface area (Å²) in [6, 6.07) is 45.2. The Morgan fingerprint density at radius 1 is 0.614 bits per heavy atom. The molecular weight excluding hydrogens is 540 g/mol. The predicted molar refractivity (Wildman–Crippen MR) is 175 cm³/mol. The number of carbonyl (C=O) groups excluding carboxylic acids is 2. The Morgan fingerprint density at radius 2 is 1.18 bits per heavy atom. The highest BCUT2D eigenvalue weighted by Crippen LogP contribution is 2.63. The van der Waals surface area contributed by atoms with Crippen LogP contribution in [0.25, 0.3) is 21.5 Å². The molecule has 6 aromatic carbocycles. The average molecular weight is 569 g/mol. The number of carbonyl (C=O) groups is 2. The second-order valence-corrected chi connectivity index (χ2v) is 12.1. The van der Waals surface area contributed by atoms with Crippen molar-refractivity contribution in [3.05, 3.63) is 161 Å². The van der Waals surface area contributed by atoms with E-state index in [1.54, 1.807) is 0 Å². The van der Waals surface area contributed by atoms with E-state index in [-0.39, 0.29) is 17.7 Å². The van der Waals surface area contributed by atoms with Crippen molar-refractivity contribution in [3.63, 3.8) is 0 Å². The SMILES string of the molecule is O=C1[C@H]2C3c4ccccc4C(C=NCc4cccc5ccccc45)(c4ccccc43)[C@H]2C(=O)N1c1cccc2ccccc12. The molecule has 0 N–H and O–H groups in total. The van der Waals surface area contributed by atoms with Crippen molar-refractivity contribution < 1.29 is 9.59 Å². The summed E-state index contributed by atoms with van der Waals surface area (Å²) in [4.78, 5) is 36.1. The van der Waals surface area contributed by atoms with Crippen molar-refractivity contribution in [1.29, 1.82) is 0 Å². The number of fused-ring (bicyclic) bond motifs is 2. The fourth-order valence-electron chi connectivity index (χ4n) is 8.41. The lowest BCUT2D eigenvalue weighted by molar-refractivity contribution is -0.122. The van der Waals surface area contributed by atoms with Gasteiger partial charge in [0.05, 0.1) is 29.5 Å². The highest BCUT2D eigenvalue weighted by atomic mass is 16.2. The fraction of sp³-hybridized carbons (Fsp3) is 0.125. The van der Waals surface area contributed by atoms with Gasteiger partial charge in [0.1, 0.15) is 0 Å². The molecule has 1 fully saturated rings. The van der Waals surface area contributed by atoms with Gasteiger partial charge in [0.25, 0.3) is 0 Å². The van der Waals surface area contributed by atoms with Crippen LogP contribution in [0.2, 0.25) is 0 Å². The van der Waals surface area contributed by atoms with Gasteiger partial charge in [-0.1, -0.05) is 127 Å². The maximum Gasteiger partial charge on any atom is 0.239 e. The monoisotopic (exact) mass is 568 g/mol. The number of benzene rings is 6. The van der Waals surface area contributed by atoms with Gasteiger partial charge in [-0.05, 0) is 50.0 Å². The third-order valence-electron chi connectivity index (χ3n) is 10.1.